The number of rotatable bonds is 4. The number of hydrogen-bond acceptors (Lipinski definition) is 1. The Kier molecular flexibility index (Phi) is 9.18. The minimum atomic E-state index is 0. The minimum Gasteiger partial charge on any atom is -0.354 e. The predicted molar refractivity (Wildman–Crippen MR) is 90.0 cm³/mol. The first-order chi connectivity index (χ1) is 8.17. The molecular weight excluding hydrogens is 361 g/mol. The maximum absolute atomic E-state index is 6.08. The van der Waals surface area contributed by atoms with Crippen LogP contribution in [-0.4, -0.2) is 19.0 Å². The standard InChI is InChI=1S/C13H20ClN3.HI/c1-4-10(2)17-13(15-3)16-9-11-7-5-6-8-12(11)14;/h5-8,10H,4,9H2,1-3H3,(H2,15,16,17);1H. The Balaban J connectivity index is 0.00000289. The van der Waals surface area contributed by atoms with Crippen molar-refractivity contribution in [1.29, 1.82) is 0 Å². The van der Waals surface area contributed by atoms with Gasteiger partial charge in [-0.2, -0.15) is 0 Å². The van der Waals surface area contributed by atoms with Gasteiger partial charge in [0.25, 0.3) is 0 Å². The summed E-state index contributed by atoms with van der Waals surface area (Å²) in [6, 6.07) is 8.22. The number of aliphatic imine (C=N–C) groups is 1. The van der Waals surface area contributed by atoms with Gasteiger partial charge in [-0.15, -0.1) is 24.0 Å². The van der Waals surface area contributed by atoms with Gasteiger partial charge < -0.3 is 10.6 Å². The summed E-state index contributed by atoms with van der Waals surface area (Å²) in [4.78, 5) is 4.17. The molecule has 1 aromatic carbocycles. The third kappa shape index (κ3) is 5.91. The molecule has 1 aromatic rings. The topological polar surface area (TPSA) is 36.4 Å². The lowest BCUT2D eigenvalue weighted by atomic mass is 10.2. The van der Waals surface area contributed by atoms with Crippen molar-refractivity contribution < 1.29 is 0 Å². The quantitative estimate of drug-likeness (QED) is 0.476. The first kappa shape index (κ1) is 17.5. The highest BCUT2D eigenvalue weighted by Crippen LogP contribution is 2.14. The van der Waals surface area contributed by atoms with Crippen molar-refractivity contribution in [2.45, 2.75) is 32.9 Å². The maximum atomic E-state index is 6.08. The first-order valence-electron chi connectivity index (χ1n) is 5.88. The van der Waals surface area contributed by atoms with Gasteiger partial charge in [-0.05, 0) is 25.0 Å². The number of nitrogens with one attached hydrogen (secondary N) is 2. The third-order valence-corrected chi connectivity index (χ3v) is 2.99. The van der Waals surface area contributed by atoms with E-state index < -0.39 is 0 Å². The Morgan fingerprint density at radius 2 is 2.06 bits per heavy atom. The fourth-order valence-corrected chi connectivity index (χ4v) is 1.55. The summed E-state index contributed by atoms with van der Waals surface area (Å²) >= 11 is 6.08. The van der Waals surface area contributed by atoms with Crippen LogP contribution >= 0.6 is 35.6 Å². The van der Waals surface area contributed by atoms with E-state index in [0.717, 1.165) is 23.0 Å². The fourth-order valence-electron chi connectivity index (χ4n) is 1.35. The lowest BCUT2D eigenvalue weighted by molar-refractivity contribution is 0.624. The third-order valence-electron chi connectivity index (χ3n) is 2.62. The summed E-state index contributed by atoms with van der Waals surface area (Å²) in [6.45, 7) is 4.94. The van der Waals surface area contributed by atoms with Crippen molar-refractivity contribution >= 4 is 41.5 Å². The number of benzene rings is 1. The molecule has 3 nitrogen and oxygen atoms in total. The Hall–Kier alpha value is -0.490. The van der Waals surface area contributed by atoms with Crippen LogP contribution in [0.2, 0.25) is 5.02 Å². The van der Waals surface area contributed by atoms with Crippen molar-refractivity contribution in [3.63, 3.8) is 0 Å². The van der Waals surface area contributed by atoms with E-state index >= 15 is 0 Å². The largest absolute Gasteiger partial charge is 0.354 e. The molecule has 2 N–H and O–H groups in total. The van der Waals surface area contributed by atoms with Crippen LogP contribution in [0.3, 0.4) is 0 Å². The molecule has 0 aliphatic rings. The monoisotopic (exact) mass is 381 g/mol. The van der Waals surface area contributed by atoms with E-state index in [1.54, 1.807) is 7.05 Å². The van der Waals surface area contributed by atoms with Crippen molar-refractivity contribution in [2.75, 3.05) is 7.05 Å². The minimum absolute atomic E-state index is 0. The highest BCUT2D eigenvalue weighted by atomic mass is 127. The second-order valence-corrected chi connectivity index (χ2v) is 4.38. The molecule has 0 fully saturated rings. The van der Waals surface area contributed by atoms with Crippen molar-refractivity contribution in [3.05, 3.63) is 34.9 Å². The van der Waals surface area contributed by atoms with Crippen molar-refractivity contribution in [3.8, 4) is 0 Å². The molecule has 0 heterocycles. The lowest BCUT2D eigenvalue weighted by Crippen LogP contribution is -2.41. The number of nitrogens with zero attached hydrogens (tertiary/aromatic N) is 1. The summed E-state index contributed by atoms with van der Waals surface area (Å²) in [7, 11) is 1.77. The molecule has 0 aliphatic heterocycles. The molecule has 0 aliphatic carbocycles. The van der Waals surface area contributed by atoms with E-state index in [2.05, 4.69) is 29.5 Å². The smallest absolute Gasteiger partial charge is 0.191 e. The molecule has 5 heteroatoms. The van der Waals surface area contributed by atoms with Gasteiger partial charge in [0, 0.05) is 24.7 Å². The zero-order chi connectivity index (χ0) is 12.7. The molecule has 1 unspecified atom stereocenters. The van der Waals surface area contributed by atoms with Crippen LogP contribution in [0, 0.1) is 0 Å². The Morgan fingerprint density at radius 3 is 2.61 bits per heavy atom. The molecule has 0 spiro atoms. The second-order valence-electron chi connectivity index (χ2n) is 3.97. The Labute approximate surface area is 131 Å². The highest BCUT2D eigenvalue weighted by Gasteiger charge is 2.03. The van der Waals surface area contributed by atoms with E-state index in [1.165, 1.54) is 0 Å². The Bertz CT molecular complexity index is 382. The molecule has 0 amide bonds. The molecule has 0 aromatic heterocycles. The van der Waals surface area contributed by atoms with E-state index in [-0.39, 0.29) is 24.0 Å². The summed E-state index contributed by atoms with van der Waals surface area (Å²) in [6.07, 6.45) is 1.06. The molecule has 102 valence electrons. The Morgan fingerprint density at radius 1 is 1.39 bits per heavy atom. The van der Waals surface area contributed by atoms with Crippen molar-refractivity contribution in [1.82, 2.24) is 10.6 Å². The zero-order valence-electron chi connectivity index (χ0n) is 11.0. The van der Waals surface area contributed by atoms with Crippen LogP contribution in [0.15, 0.2) is 29.3 Å². The molecule has 0 radical (unpaired) electrons. The van der Waals surface area contributed by atoms with Gasteiger partial charge in [0.05, 0.1) is 0 Å². The molecule has 0 saturated carbocycles. The van der Waals surface area contributed by atoms with Crippen LogP contribution in [0.1, 0.15) is 25.8 Å². The molecule has 0 bridgehead atoms. The summed E-state index contributed by atoms with van der Waals surface area (Å²) in [5.74, 6) is 0.805. The van der Waals surface area contributed by atoms with Gasteiger partial charge >= 0.3 is 0 Å². The molecule has 0 saturated heterocycles. The molecular formula is C13H21ClIN3. The van der Waals surface area contributed by atoms with Crippen LogP contribution in [0.4, 0.5) is 0 Å². The fraction of sp³-hybridized carbons (Fsp3) is 0.462. The highest BCUT2D eigenvalue weighted by molar-refractivity contribution is 14.0. The van der Waals surface area contributed by atoms with Gasteiger partial charge in [-0.25, -0.2) is 0 Å². The molecule has 1 atom stereocenters. The second kappa shape index (κ2) is 9.44. The molecule has 18 heavy (non-hydrogen) atoms. The average Bonchev–Trinajstić information content (AvgIpc) is 2.35. The average molecular weight is 382 g/mol. The summed E-state index contributed by atoms with van der Waals surface area (Å²) in [5, 5.41) is 7.32. The van der Waals surface area contributed by atoms with Crippen molar-refractivity contribution in [2.24, 2.45) is 4.99 Å². The SMILES string of the molecule is CCC(C)NC(=NC)NCc1ccccc1Cl.I. The number of halogens is 2. The van der Waals surface area contributed by atoms with Crippen LogP contribution in [-0.2, 0) is 6.54 Å². The van der Waals surface area contributed by atoms with E-state index in [0.29, 0.717) is 12.6 Å². The van der Waals surface area contributed by atoms with E-state index in [4.69, 9.17) is 11.6 Å². The van der Waals surface area contributed by atoms with Gasteiger partial charge in [-0.1, -0.05) is 36.7 Å². The van der Waals surface area contributed by atoms with Gasteiger partial charge in [-0.3, -0.25) is 4.99 Å². The van der Waals surface area contributed by atoms with E-state index in [9.17, 15) is 0 Å². The lowest BCUT2D eigenvalue weighted by Gasteiger charge is -2.16. The zero-order valence-corrected chi connectivity index (χ0v) is 14.1. The van der Waals surface area contributed by atoms with Gasteiger partial charge in [0.2, 0.25) is 0 Å². The number of guanidine groups is 1. The van der Waals surface area contributed by atoms with E-state index in [1.807, 2.05) is 24.3 Å². The maximum Gasteiger partial charge on any atom is 0.191 e. The first-order valence-corrected chi connectivity index (χ1v) is 6.25. The summed E-state index contributed by atoms with van der Waals surface area (Å²) < 4.78 is 0. The van der Waals surface area contributed by atoms with Gasteiger partial charge in [0.1, 0.15) is 0 Å². The number of hydrogen-bond donors (Lipinski definition) is 2. The van der Waals surface area contributed by atoms with Crippen LogP contribution < -0.4 is 10.6 Å². The van der Waals surface area contributed by atoms with Crippen LogP contribution in [0.5, 0.6) is 0 Å². The molecule has 1 rings (SSSR count). The summed E-state index contributed by atoms with van der Waals surface area (Å²) in [5.41, 5.74) is 1.07. The normalized spacial score (nSPS) is 12.6. The van der Waals surface area contributed by atoms with Gasteiger partial charge in [0.15, 0.2) is 5.96 Å². The van der Waals surface area contributed by atoms with Crippen LogP contribution in [0.25, 0.3) is 0 Å². The predicted octanol–water partition coefficient (Wildman–Crippen LogP) is 3.42.